The number of amides is 2. The number of rotatable bonds is 12. The van der Waals surface area contributed by atoms with Crippen molar-refractivity contribution in [1.82, 2.24) is 50.4 Å². The van der Waals surface area contributed by atoms with Crippen molar-refractivity contribution in [3.63, 3.8) is 0 Å². The van der Waals surface area contributed by atoms with E-state index in [2.05, 4.69) is 79.3 Å². The molecule has 23 nitrogen and oxygen atoms in total. The lowest BCUT2D eigenvalue weighted by molar-refractivity contribution is 0.0963. The third kappa shape index (κ3) is 12.4. The topological polar surface area (TPSA) is 262 Å². The van der Waals surface area contributed by atoms with Crippen LogP contribution in [0.1, 0.15) is 0 Å². The van der Waals surface area contributed by atoms with Crippen molar-refractivity contribution in [3.8, 4) is 22.3 Å². The highest BCUT2D eigenvalue weighted by molar-refractivity contribution is 8.24. The zero-order valence-electron chi connectivity index (χ0n) is 34.7. The molecule has 348 valence electrons. The standard InChI is InChI=1S/C18H17FN7O5P.C18H18FN7O3.Cl3OP/c1-24(17-21-22-23-25(17)2)16-6-3-11(8-20-16)14-5-4-12(7-15(14)19)26-9-13(31-18(26)27)10-30-32(28)29;1-24(17-21-22-23-25(17)2)16-6-3-11(8-20-16)14-5-4-12(7-15(14)19)26-9-13(10-27)29-18(26)28;1-5(2,3)4/h3-8,13H,9-10H2,1-2H3;3-8,13,27H,9-10H2,1-2H3;/p+1/t2*13-;/m11./s1. The van der Waals surface area contributed by atoms with Gasteiger partial charge in [0, 0.05) is 67.4 Å². The van der Waals surface area contributed by atoms with Crippen LogP contribution in [0.25, 0.3) is 22.3 Å². The van der Waals surface area contributed by atoms with Crippen molar-refractivity contribution in [2.75, 3.05) is 60.0 Å². The predicted molar refractivity (Wildman–Crippen MR) is 236 cm³/mol. The minimum absolute atomic E-state index is 0.0697. The number of halogens is 5. The van der Waals surface area contributed by atoms with Gasteiger partial charge in [-0.15, -0.1) is 9.42 Å². The predicted octanol–water partition coefficient (Wildman–Crippen LogP) is 6.48. The van der Waals surface area contributed by atoms with E-state index in [1.165, 1.54) is 37.5 Å². The molecule has 30 heteroatoms. The summed E-state index contributed by atoms with van der Waals surface area (Å²) in [4.78, 5) is 47.3. The highest BCUT2D eigenvalue weighted by Crippen LogP contribution is 2.61. The number of carbonyl (C=O) groups excluding carboxylic acids is 2. The molecular weight excluding hydrogens is 979 g/mol. The number of aromatic nitrogens is 10. The first-order valence-electron chi connectivity index (χ1n) is 18.8. The minimum Gasteiger partial charge on any atom is -0.441 e. The van der Waals surface area contributed by atoms with Gasteiger partial charge in [-0.1, -0.05) is 10.2 Å². The summed E-state index contributed by atoms with van der Waals surface area (Å²) in [6.45, 7) is -0.265. The number of cyclic esters (lactones) is 2. The molecule has 4 aromatic heterocycles. The van der Waals surface area contributed by atoms with Crippen molar-refractivity contribution < 1.29 is 51.5 Å². The first kappa shape index (κ1) is 49.4. The molecule has 0 radical (unpaired) electrons. The fourth-order valence-corrected chi connectivity index (χ4v) is 6.61. The number of tetrazole rings is 2. The van der Waals surface area contributed by atoms with Gasteiger partial charge in [0.2, 0.25) is 0 Å². The van der Waals surface area contributed by atoms with Gasteiger partial charge in [-0.3, -0.25) is 24.2 Å². The molecule has 2 amide bonds. The maximum Gasteiger partial charge on any atom is 0.694 e. The number of ether oxygens (including phenoxy) is 2. The zero-order chi connectivity index (χ0) is 47.9. The van der Waals surface area contributed by atoms with Crippen molar-refractivity contribution in [1.29, 1.82) is 0 Å². The Balaban J connectivity index is 0.000000199. The SMILES string of the molecule is CN(c1ccc(-c2ccc(N3C[C@H](CO)OC3=O)cc2F)cn1)c1nnnn1C.CN(c1ccc(-c2ccc(N3C[C@H](CO[P+](=O)O)OC3=O)cc2F)cn1)c1nnnn1C.O=P(Cl)(Cl)Cl. The number of hydrogen-bond donors (Lipinski definition) is 2. The second kappa shape index (κ2) is 21.5. The fourth-order valence-electron chi connectivity index (χ4n) is 6.32. The number of carbonyl (C=O) groups is 2. The van der Waals surface area contributed by atoms with E-state index in [0.29, 0.717) is 57.2 Å². The van der Waals surface area contributed by atoms with Crippen LogP contribution in [0.4, 0.5) is 53.3 Å². The van der Waals surface area contributed by atoms with Crippen LogP contribution in [0.2, 0.25) is 0 Å². The Bertz CT molecular complexity index is 2730. The Morgan fingerprint density at radius 1 is 0.773 bits per heavy atom. The lowest BCUT2D eigenvalue weighted by atomic mass is 10.1. The van der Waals surface area contributed by atoms with Gasteiger partial charge >= 0.3 is 25.6 Å². The van der Waals surface area contributed by atoms with Gasteiger partial charge in [0.1, 0.15) is 42.1 Å². The third-order valence-corrected chi connectivity index (χ3v) is 9.82. The number of nitrogens with zero attached hydrogens (tertiary/aromatic N) is 14. The third-order valence-electron chi connectivity index (χ3n) is 9.45. The van der Waals surface area contributed by atoms with Crippen LogP contribution >= 0.6 is 47.2 Å². The van der Waals surface area contributed by atoms with Gasteiger partial charge < -0.3 is 14.6 Å². The Hall–Kier alpha value is -6.04. The Morgan fingerprint density at radius 2 is 1.20 bits per heavy atom. The summed E-state index contributed by atoms with van der Waals surface area (Å²) in [5.74, 6) is 1.13. The van der Waals surface area contributed by atoms with Gasteiger partial charge in [-0.05, 0) is 115 Å². The molecule has 6 aromatic rings. The van der Waals surface area contributed by atoms with Gasteiger partial charge in [0.15, 0.2) is 0 Å². The van der Waals surface area contributed by atoms with Crippen LogP contribution in [0, 0.1) is 11.6 Å². The van der Waals surface area contributed by atoms with E-state index < -0.39 is 49.5 Å². The molecule has 2 fully saturated rings. The molecule has 8 rings (SSSR count). The summed E-state index contributed by atoms with van der Waals surface area (Å²) in [5, 5.41) is 28.5. The zero-order valence-corrected chi connectivity index (χ0v) is 38.8. The average Bonchev–Trinajstić information content (AvgIpc) is 4.09. The Morgan fingerprint density at radius 3 is 1.53 bits per heavy atom. The minimum atomic E-state index is -3.22. The first-order valence-corrected chi connectivity index (χ1v) is 24.4. The molecular formula is C36H36Cl3F2N14O9P2+. The molecule has 2 saturated heterocycles. The van der Waals surface area contributed by atoms with Crippen molar-refractivity contribution in [2.24, 2.45) is 14.1 Å². The van der Waals surface area contributed by atoms with Gasteiger partial charge in [0.05, 0.1) is 31.1 Å². The first-order chi connectivity index (χ1) is 31.3. The van der Waals surface area contributed by atoms with Gasteiger partial charge in [0.25, 0.3) is 11.9 Å². The normalized spacial score (nSPS) is 15.9. The molecule has 2 N–H and O–H groups in total. The summed E-state index contributed by atoms with van der Waals surface area (Å²) in [6, 6.07) is 15.7. The fraction of sp³-hybridized carbons (Fsp3) is 0.278. The highest BCUT2D eigenvalue weighted by atomic mass is 36.0. The van der Waals surface area contributed by atoms with Crippen LogP contribution in [0.5, 0.6) is 0 Å². The molecule has 0 aliphatic carbocycles. The van der Waals surface area contributed by atoms with E-state index in [9.17, 15) is 27.5 Å². The average molecular weight is 1020 g/mol. The van der Waals surface area contributed by atoms with Crippen LogP contribution in [0.15, 0.2) is 73.1 Å². The molecule has 0 bridgehead atoms. The largest absolute Gasteiger partial charge is 0.694 e. The van der Waals surface area contributed by atoms with Crippen molar-refractivity contribution in [2.45, 2.75) is 12.2 Å². The summed E-state index contributed by atoms with van der Waals surface area (Å²) in [6.07, 6.45) is 0.452. The smallest absolute Gasteiger partial charge is 0.441 e. The lowest BCUT2D eigenvalue weighted by Crippen LogP contribution is -2.25. The molecule has 2 aliphatic rings. The second-order valence-corrected chi connectivity index (χ2v) is 21.2. The number of hydrogen-bond acceptors (Lipinski definition) is 18. The van der Waals surface area contributed by atoms with Gasteiger partial charge in [-0.2, -0.15) is 0 Å². The molecule has 3 atom stereocenters. The van der Waals surface area contributed by atoms with Gasteiger partial charge in [-0.25, -0.2) is 37.7 Å². The Labute approximate surface area is 388 Å². The summed E-state index contributed by atoms with van der Waals surface area (Å²) >= 11 is 13.8. The van der Waals surface area contributed by atoms with Crippen LogP contribution in [-0.2, 0) is 37.2 Å². The number of anilines is 6. The molecule has 0 spiro atoms. The van der Waals surface area contributed by atoms with Crippen LogP contribution in [-0.4, -0.2) is 125 Å². The molecule has 6 heterocycles. The van der Waals surface area contributed by atoms with E-state index in [-0.39, 0.29) is 26.3 Å². The summed E-state index contributed by atoms with van der Waals surface area (Å²) in [7, 11) is 4.16. The number of aliphatic hydroxyl groups is 1. The quantitative estimate of drug-likeness (QED) is 0.124. The molecule has 0 saturated carbocycles. The maximum absolute atomic E-state index is 14.9. The molecule has 66 heavy (non-hydrogen) atoms. The van der Waals surface area contributed by atoms with Crippen molar-refractivity contribution >= 4 is 94.3 Å². The molecule has 2 aliphatic heterocycles. The van der Waals surface area contributed by atoms with E-state index in [1.807, 2.05) is 0 Å². The number of benzene rings is 2. The highest BCUT2D eigenvalue weighted by Gasteiger charge is 2.35. The number of aryl methyl sites for hydroxylation is 2. The van der Waals surface area contributed by atoms with Crippen LogP contribution < -0.4 is 19.6 Å². The van der Waals surface area contributed by atoms with E-state index >= 15 is 0 Å². The van der Waals surface area contributed by atoms with E-state index in [1.54, 1.807) is 92.7 Å². The monoisotopic (exact) mass is 1010 g/mol. The Kier molecular flexibility index (Phi) is 16.1. The molecule has 2 aromatic carbocycles. The summed E-state index contributed by atoms with van der Waals surface area (Å²) < 4.78 is 67.4. The second-order valence-electron chi connectivity index (χ2n) is 13.8. The number of aliphatic hydroxyl groups excluding tert-OH is 1. The van der Waals surface area contributed by atoms with Crippen molar-refractivity contribution in [3.05, 3.63) is 84.7 Å². The number of pyridine rings is 2. The van der Waals surface area contributed by atoms with E-state index in [0.717, 1.165) is 0 Å². The lowest BCUT2D eigenvalue weighted by Gasteiger charge is -2.16. The van der Waals surface area contributed by atoms with E-state index in [4.69, 9.17) is 19.5 Å². The summed E-state index contributed by atoms with van der Waals surface area (Å²) in [5.41, 5.74) is 2.45. The molecule has 1 unspecified atom stereocenters. The maximum atomic E-state index is 14.9. The van der Waals surface area contributed by atoms with Crippen LogP contribution in [0.3, 0.4) is 0 Å².